The number of ether oxygens (including phenoxy) is 4. The van der Waals surface area contributed by atoms with Gasteiger partial charge in [0.05, 0.1) is 0 Å². The molecule has 1 aliphatic rings. The zero-order chi connectivity index (χ0) is 26.0. The van der Waals surface area contributed by atoms with Crippen LogP contribution in [-0.2, 0) is 57.1 Å². The van der Waals surface area contributed by atoms with E-state index in [1.807, 2.05) is 0 Å². The molecule has 0 radical (unpaired) electrons. The van der Waals surface area contributed by atoms with E-state index in [1.165, 1.54) is 0 Å². The molecule has 33 heavy (non-hydrogen) atoms. The highest BCUT2D eigenvalue weighted by atomic mass is 32.2. The minimum Gasteiger partial charge on any atom is -0.463 e. The van der Waals surface area contributed by atoms with Crippen molar-refractivity contribution in [2.75, 3.05) is 13.7 Å². The molecule has 0 bridgehead atoms. The molecule has 12 nitrogen and oxygen atoms in total. The van der Waals surface area contributed by atoms with Crippen LogP contribution in [0, 0.1) is 0 Å². The van der Waals surface area contributed by atoms with Crippen LogP contribution >= 0.6 is 0 Å². The summed E-state index contributed by atoms with van der Waals surface area (Å²) < 4.78 is 149. The van der Waals surface area contributed by atoms with Crippen LogP contribution in [0.3, 0.4) is 0 Å². The van der Waals surface area contributed by atoms with E-state index in [0.29, 0.717) is 6.92 Å². The molecule has 0 N–H and O–H groups in total. The fraction of sp³-hybridized carbons (Fsp3) is 0.846. The highest BCUT2D eigenvalue weighted by molar-refractivity contribution is 7.87. The fourth-order valence-corrected chi connectivity index (χ4v) is 3.59. The summed E-state index contributed by atoms with van der Waals surface area (Å²) in [5.74, 6) is -2.49. The predicted octanol–water partition coefficient (Wildman–Crippen LogP) is 0.322. The summed E-state index contributed by atoms with van der Waals surface area (Å²) in [6.07, 6.45) is -12.3. The van der Waals surface area contributed by atoms with Crippen molar-refractivity contribution in [1.82, 2.24) is 0 Å². The number of alkyl halides is 6. The minimum atomic E-state index is -6.54. The zero-order valence-corrected chi connectivity index (χ0v) is 18.2. The Morgan fingerprint density at radius 2 is 1.27 bits per heavy atom. The fourth-order valence-electron chi connectivity index (χ4n) is 2.35. The summed E-state index contributed by atoms with van der Waals surface area (Å²) in [6, 6.07) is 0. The van der Waals surface area contributed by atoms with Crippen molar-refractivity contribution in [1.29, 1.82) is 0 Å². The quantitative estimate of drug-likeness (QED) is 0.179. The molecule has 0 saturated carbocycles. The van der Waals surface area contributed by atoms with Crippen LogP contribution in [0.4, 0.5) is 26.3 Å². The lowest BCUT2D eigenvalue weighted by Crippen LogP contribution is -2.63. The van der Waals surface area contributed by atoms with E-state index in [-0.39, 0.29) is 0 Å². The van der Waals surface area contributed by atoms with Gasteiger partial charge in [0.25, 0.3) is 0 Å². The second-order valence-electron chi connectivity index (χ2n) is 6.08. The van der Waals surface area contributed by atoms with Gasteiger partial charge in [0.1, 0.15) is 18.8 Å². The Bertz CT molecular complexity index is 928. The third kappa shape index (κ3) is 7.37. The maximum atomic E-state index is 12.8. The SMILES string of the molecule is CO[C@@H]1O[C@H](COC(C)=O)[C@@H](OS(=O)(=O)C(F)(F)F)[C@H](OC(C)=O)[C@H]1OS(=O)(=O)C(F)(F)F. The van der Waals surface area contributed by atoms with Crippen LogP contribution in [0.5, 0.6) is 0 Å². The van der Waals surface area contributed by atoms with Gasteiger partial charge in [-0.05, 0) is 0 Å². The van der Waals surface area contributed by atoms with E-state index in [2.05, 4.69) is 22.6 Å². The predicted molar refractivity (Wildman–Crippen MR) is 87.6 cm³/mol. The lowest BCUT2D eigenvalue weighted by atomic mass is 9.99. The van der Waals surface area contributed by atoms with Crippen molar-refractivity contribution in [3.63, 3.8) is 0 Å². The number of carbonyl (C=O) groups is 2. The summed E-state index contributed by atoms with van der Waals surface area (Å²) >= 11 is 0. The van der Waals surface area contributed by atoms with Crippen LogP contribution < -0.4 is 0 Å². The first-order valence-electron chi connectivity index (χ1n) is 8.21. The second-order valence-corrected chi connectivity index (χ2v) is 9.20. The molecule has 1 rings (SSSR count). The third-order valence-electron chi connectivity index (χ3n) is 3.62. The van der Waals surface area contributed by atoms with Crippen molar-refractivity contribution in [2.45, 2.75) is 55.6 Å². The van der Waals surface area contributed by atoms with Gasteiger partial charge in [-0.2, -0.15) is 43.2 Å². The summed E-state index contributed by atoms with van der Waals surface area (Å²) in [6.45, 7) is 0.344. The van der Waals surface area contributed by atoms with Gasteiger partial charge in [-0.3, -0.25) is 18.0 Å². The molecule has 1 saturated heterocycles. The van der Waals surface area contributed by atoms with Crippen molar-refractivity contribution >= 4 is 32.2 Å². The Kier molecular flexibility index (Phi) is 9.10. The van der Waals surface area contributed by atoms with Gasteiger partial charge < -0.3 is 18.9 Å². The van der Waals surface area contributed by atoms with Gasteiger partial charge in [0.15, 0.2) is 18.5 Å². The molecule has 0 aliphatic carbocycles. The van der Waals surface area contributed by atoms with Crippen molar-refractivity contribution in [3.05, 3.63) is 0 Å². The van der Waals surface area contributed by atoms with E-state index >= 15 is 0 Å². The Balaban J connectivity index is 3.59. The molecule has 0 aromatic heterocycles. The molecule has 0 spiro atoms. The van der Waals surface area contributed by atoms with Crippen LogP contribution in [0.25, 0.3) is 0 Å². The third-order valence-corrected chi connectivity index (χ3v) is 5.70. The lowest BCUT2D eigenvalue weighted by Gasteiger charge is -2.43. The van der Waals surface area contributed by atoms with Crippen LogP contribution in [-0.4, -0.2) is 84.2 Å². The van der Waals surface area contributed by atoms with E-state index < -0.39 is 80.5 Å². The number of halogens is 6. The average Bonchev–Trinajstić information content (AvgIpc) is 2.60. The van der Waals surface area contributed by atoms with Crippen molar-refractivity contribution in [3.8, 4) is 0 Å². The van der Waals surface area contributed by atoms with Gasteiger partial charge in [0.2, 0.25) is 0 Å². The van der Waals surface area contributed by atoms with E-state index in [9.17, 15) is 52.8 Å². The molecule has 1 heterocycles. The number of hydrogen-bond acceptors (Lipinski definition) is 12. The van der Waals surface area contributed by atoms with Crippen LogP contribution in [0.15, 0.2) is 0 Å². The molecule has 1 aliphatic heterocycles. The Hall–Kier alpha value is -1.74. The van der Waals surface area contributed by atoms with Crippen molar-refractivity contribution in [2.24, 2.45) is 0 Å². The molecule has 194 valence electrons. The first kappa shape index (κ1) is 29.3. The maximum absolute atomic E-state index is 12.8. The molecule has 20 heteroatoms. The molecule has 0 aromatic carbocycles. The second kappa shape index (κ2) is 10.3. The van der Waals surface area contributed by atoms with Crippen LogP contribution in [0.1, 0.15) is 13.8 Å². The van der Waals surface area contributed by atoms with Gasteiger partial charge in [-0.25, -0.2) is 0 Å². The minimum absolute atomic E-state index is 0.600. The van der Waals surface area contributed by atoms with E-state index in [1.54, 1.807) is 0 Å². The van der Waals surface area contributed by atoms with Gasteiger partial charge in [-0.15, -0.1) is 0 Å². The molecule has 1 fully saturated rings. The maximum Gasteiger partial charge on any atom is 0.523 e. The Labute approximate surface area is 182 Å². The number of esters is 2. The topological polar surface area (TPSA) is 158 Å². The molecule has 0 aromatic rings. The Morgan fingerprint density at radius 3 is 1.64 bits per heavy atom. The van der Waals surface area contributed by atoms with E-state index in [4.69, 9.17) is 4.74 Å². The van der Waals surface area contributed by atoms with Crippen molar-refractivity contribution < 1.29 is 80.1 Å². The lowest BCUT2D eigenvalue weighted by molar-refractivity contribution is -0.288. The molecule has 0 unspecified atom stereocenters. The largest absolute Gasteiger partial charge is 0.523 e. The number of rotatable bonds is 8. The first-order valence-corrected chi connectivity index (χ1v) is 11.0. The smallest absolute Gasteiger partial charge is 0.463 e. The first-order chi connectivity index (χ1) is 14.7. The standard InChI is InChI=1S/C13H16F6O12S2/c1-5(20)27-4-7-8(30-32(22,23)12(14,15)16)9(28-6(2)21)10(11(26-3)29-7)31-33(24,25)13(17,18)19/h7-11H,4H2,1-3H3/t7-,8-,9+,10-,11-/m1/s1. The zero-order valence-electron chi connectivity index (χ0n) is 16.6. The highest BCUT2D eigenvalue weighted by Gasteiger charge is 2.59. The summed E-state index contributed by atoms with van der Waals surface area (Å²) in [5, 5.41) is 0. The van der Waals surface area contributed by atoms with Gasteiger partial charge >= 0.3 is 43.2 Å². The number of hydrogen-bond donors (Lipinski definition) is 0. The molecule has 0 amide bonds. The monoisotopic (exact) mass is 542 g/mol. The molecular formula is C13H16F6O12S2. The molecule has 5 atom stereocenters. The van der Waals surface area contributed by atoms with Gasteiger partial charge in [0, 0.05) is 21.0 Å². The van der Waals surface area contributed by atoms with Crippen LogP contribution in [0.2, 0.25) is 0 Å². The number of methoxy groups -OCH3 is 1. The number of carbonyl (C=O) groups excluding carboxylic acids is 2. The van der Waals surface area contributed by atoms with Gasteiger partial charge in [-0.1, -0.05) is 0 Å². The highest BCUT2D eigenvalue weighted by Crippen LogP contribution is 2.36. The Morgan fingerprint density at radius 1 is 0.818 bits per heavy atom. The average molecular weight is 542 g/mol. The summed E-state index contributed by atoms with van der Waals surface area (Å²) in [5.41, 5.74) is -12.1. The van der Waals surface area contributed by atoms with E-state index in [0.717, 1.165) is 14.0 Å². The normalized spacial score (nSPS) is 27.1. The summed E-state index contributed by atoms with van der Waals surface area (Å²) in [7, 11) is -12.3. The summed E-state index contributed by atoms with van der Waals surface area (Å²) in [4.78, 5) is 22.5. The molecular weight excluding hydrogens is 526 g/mol.